The first kappa shape index (κ1) is 10.6. The maximum atomic E-state index is 11.3. The third kappa shape index (κ3) is 2.08. The minimum Gasteiger partial charge on any atom is -0.358 e. The summed E-state index contributed by atoms with van der Waals surface area (Å²) in [6, 6.07) is -0.551. The highest BCUT2D eigenvalue weighted by Gasteiger charge is 2.35. The molecule has 14 heavy (non-hydrogen) atoms. The van der Waals surface area contributed by atoms with Gasteiger partial charge < -0.3 is 5.32 Å². The van der Waals surface area contributed by atoms with Crippen molar-refractivity contribution in [2.24, 2.45) is 0 Å². The standard InChI is InChI=1S/C8H13N3O3/c1-9-6(12)4-10-5-3-7(13)11(2)8(5)14/h5,10H,3-4H2,1-2H3,(H,9,12). The maximum Gasteiger partial charge on any atom is 0.246 e. The van der Waals surface area contributed by atoms with E-state index >= 15 is 0 Å². The second-order valence-electron chi connectivity index (χ2n) is 3.10. The van der Waals surface area contributed by atoms with Crippen LogP contribution in [0.5, 0.6) is 0 Å². The van der Waals surface area contributed by atoms with E-state index in [1.54, 1.807) is 0 Å². The van der Waals surface area contributed by atoms with E-state index in [2.05, 4.69) is 10.6 Å². The van der Waals surface area contributed by atoms with Gasteiger partial charge in [0.25, 0.3) is 0 Å². The molecule has 1 saturated heterocycles. The molecular formula is C8H13N3O3. The molecule has 1 fully saturated rings. The van der Waals surface area contributed by atoms with Crippen molar-refractivity contribution in [1.82, 2.24) is 15.5 Å². The number of hydrogen-bond acceptors (Lipinski definition) is 4. The van der Waals surface area contributed by atoms with E-state index in [4.69, 9.17) is 0 Å². The topological polar surface area (TPSA) is 78.5 Å². The molecule has 0 spiro atoms. The van der Waals surface area contributed by atoms with Crippen molar-refractivity contribution in [3.63, 3.8) is 0 Å². The number of rotatable bonds is 3. The SMILES string of the molecule is CNC(=O)CNC1CC(=O)N(C)C1=O. The van der Waals surface area contributed by atoms with Crippen LogP contribution in [-0.4, -0.2) is 49.3 Å². The Kier molecular flexibility index (Phi) is 3.19. The molecule has 0 saturated carbocycles. The van der Waals surface area contributed by atoms with E-state index in [9.17, 15) is 14.4 Å². The molecule has 6 nitrogen and oxygen atoms in total. The first-order valence-corrected chi connectivity index (χ1v) is 4.30. The highest BCUT2D eigenvalue weighted by Crippen LogP contribution is 2.09. The normalized spacial score (nSPS) is 21.6. The Labute approximate surface area is 81.6 Å². The van der Waals surface area contributed by atoms with Crippen molar-refractivity contribution in [2.45, 2.75) is 12.5 Å². The smallest absolute Gasteiger partial charge is 0.246 e. The number of imide groups is 1. The van der Waals surface area contributed by atoms with Gasteiger partial charge in [0.2, 0.25) is 17.7 Å². The van der Waals surface area contributed by atoms with Crippen LogP contribution in [0.1, 0.15) is 6.42 Å². The Morgan fingerprint density at radius 2 is 2.21 bits per heavy atom. The number of carbonyl (C=O) groups excluding carboxylic acids is 3. The largest absolute Gasteiger partial charge is 0.358 e. The van der Waals surface area contributed by atoms with E-state index in [1.165, 1.54) is 14.1 Å². The average molecular weight is 199 g/mol. The van der Waals surface area contributed by atoms with Gasteiger partial charge in [0.15, 0.2) is 0 Å². The van der Waals surface area contributed by atoms with Gasteiger partial charge in [-0.05, 0) is 0 Å². The van der Waals surface area contributed by atoms with Crippen molar-refractivity contribution in [3.05, 3.63) is 0 Å². The Morgan fingerprint density at radius 1 is 1.57 bits per heavy atom. The Morgan fingerprint density at radius 3 is 2.64 bits per heavy atom. The number of likely N-dealkylation sites (tertiary alicyclic amines) is 1. The van der Waals surface area contributed by atoms with Gasteiger partial charge in [-0.1, -0.05) is 0 Å². The molecule has 1 unspecified atom stereocenters. The molecule has 1 aliphatic heterocycles. The zero-order chi connectivity index (χ0) is 10.7. The zero-order valence-corrected chi connectivity index (χ0v) is 8.16. The summed E-state index contributed by atoms with van der Waals surface area (Å²) < 4.78 is 0. The predicted molar refractivity (Wildman–Crippen MR) is 48.3 cm³/mol. The van der Waals surface area contributed by atoms with E-state index in [-0.39, 0.29) is 30.7 Å². The van der Waals surface area contributed by atoms with Crippen LogP contribution in [0, 0.1) is 0 Å². The van der Waals surface area contributed by atoms with Crippen LogP contribution >= 0.6 is 0 Å². The Bertz CT molecular complexity index is 277. The van der Waals surface area contributed by atoms with Gasteiger partial charge in [0.1, 0.15) is 0 Å². The molecule has 1 heterocycles. The Hall–Kier alpha value is -1.43. The van der Waals surface area contributed by atoms with Crippen LogP contribution in [-0.2, 0) is 14.4 Å². The molecule has 0 aromatic carbocycles. The highest BCUT2D eigenvalue weighted by molar-refractivity contribution is 6.05. The van der Waals surface area contributed by atoms with Gasteiger partial charge in [0, 0.05) is 14.1 Å². The van der Waals surface area contributed by atoms with E-state index in [0.29, 0.717) is 0 Å². The molecule has 3 amide bonds. The fourth-order valence-corrected chi connectivity index (χ4v) is 1.22. The van der Waals surface area contributed by atoms with Crippen LogP contribution in [0.15, 0.2) is 0 Å². The molecular weight excluding hydrogens is 186 g/mol. The van der Waals surface area contributed by atoms with Crippen LogP contribution in [0.25, 0.3) is 0 Å². The summed E-state index contributed by atoms with van der Waals surface area (Å²) in [5.41, 5.74) is 0. The number of carbonyl (C=O) groups is 3. The number of nitrogens with zero attached hydrogens (tertiary/aromatic N) is 1. The quantitative estimate of drug-likeness (QED) is 0.519. The lowest BCUT2D eigenvalue weighted by Crippen LogP contribution is -2.42. The van der Waals surface area contributed by atoms with Gasteiger partial charge in [0.05, 0.1) is 19.0 Å². The summed E-state index contributed by atoms with van der Waals surface area (Å²) in [5.74, 6) is -0.705. The molecule has 0 aliphatic carbocycles. The number of amides is 3. The van der Waals surface area contributed by atoms with Crippen molar-refractivity contribution in [3.8, 4) is 0 Å². The number of nitrogens with one attached hydrogen (secondary N) is 2. The van der Waals surface area contributed by atoms with Gasteiger partial charge in [-0.25, -0.2) is 0 Å². The summed E-state index contributed by atoms with van der Waals surface area (Å²) in [5, 5.41) is 5.13. The first-order chi connectivity index (χ1) is 6.56. The van der Waals surface area contributed by atoms with E-state index < -0.39 is 6.04 Å². The number of likely N-dealkylation sites (N-methyl/N-ethyl adjacent to an activating group) is 2. The maximum absolute atomic E-state index is 11.3. The lowest BCUT2D eigenvalue weighted by Gasteiger charge is -2.09. The average Bonchev–Trinajstić information content (AvgIpc) is 2.42. The molecule has 6 heteroatoms. The fraction of sp³-hybridized carbons (Fsp3) is 0.625. The lowest BCUT2D eigenvalue weighted by atomic mass is 10.2. The summed E-state index contributed by atoms with van der Waals surface area (Å²) in [6.45, 7) is 0.0496. The summed E-state index contributed by atoms with van der Waals surface area (Å²) >= 11 is 0. The van der Waals surface area contributed by atoms with E-state index in [0.717, 1.165) is 4.90 Å². The molecule has 1 atom stereocenters. The molecule has 0 bridgehead atoms. The van der Waals surface area contributed by atoms with Crippen molar-refractivity contribution in [1.29, 1.82) is 0 Å². The summed E-state index contributed by atoms with van der Waals surface area (Å²) in [6.07, 6.45) is 0.131. The molecule has 0 radical (unpaired) electrons. The molecule has 78 valence electrons. The fourth-order valence-electron chi connectivity index (χ4n) is 1.22. The van der Waals surface area contributed by atoms with Crippen molar-refractivity contribution >= 4 is 17.7 Å². The van der Waals surface area contributed by atoms with Crippen LogP contribution < -0.4 is 10.6 Å². The van der Waals surface area contributed by atoms with Crippen LogP contribution in [0.2, 0.25) is 0 Å². The summed E-state index contributed by atoms with van der Waals surface area (Å²) in [4.78, 5) is 34.3. The molecule has 1 aliphatic rings. The zero-order valence-electron chi connectivity index (χ0n) is 8.16. The van der Waals surface area contributed by atoms with Crippen molar-refractivity contribution in [2.75, 3.05) is 20.6 Å². The van der Waals surface area contributed by atoms with Crippen LogP contribution in [0.4, 0.5) is 0 Å². The van der Waals surface area contributed by atoms with Gasteiger partial charge in [-0.3, -0.25) is 24.6 Å². The molecule has 0 aromatic rings. The second kappa shape index (κ2) is 4.19. The van der Waals surface area contributed by atoms with E-state index in [1.807, 2.05) is 0 Å². The Balaban J connectivity index is 2.44. The molecule has 0 aromatic heterocycles. The first-order valence-electron chi connectivity index (χ1n) is 4.30. The lowest BCUT2D eigenvalue weighted by molar-refractivity contribution is -0.137. The molecule has 2 N–H and O–H groups in total. The molecule has 1 rings (SSSR count). The third-order valence-corrected chi connectivity index (χ3v) is 2.17. The van der Waals surface area contributed by atoms with Gasteiger partial charge in [-0.2, -0.15) is 0 Å². The summed E-state index contributed by atoms with van der Waals surface area (Å²) in [7, 11) is 2.95. The highest BCUT2D eigenvalue weighted by atomic mass is 16.2. The van der Waals surface area contributed by atoms with Crippen LogP contribution in [0.3, 0.4) is 0 Å². The minimum atomic E-state index is -0.551. The predicted octanol–water partition coefficient (Wildman–Crippen LogP) is -1.92. The second-order valence-corrected chi connectivity index (χ2v) is 3.10. The third-order valence-electron chi connectivity index (χ3n) is 2.17. The number of hydrogen-bond donors (Lipinski definition) is 2. The van der Waals surface area contributed by atoms with Crippen molar-refractivity contribution < 1.29 is 14.4 Å². The van der Waals surface area contributed by atoms with Gasteiger partial charge >= 0.3 is 0 Å². The minimum absolute atomic E-state index is 0.0496. The van der Waals surface area contributed by atoms with Gasteiger partial charge in [-0.15, -0.1) is 0 Å². The monoisotopic (exact) mass is 199 g/mol.